The van der Waals surface area contributed by atoms with Gasteiger partial charge in [0.05, 0.1) is 11.5 Å². The zero-order chi connectivity index (χ0) is 42.6. The molecule has 3 amide bonds. The number of pyridine rings is 1. The first-order valence-corrected chi connectivity index (χ1v) is 20.7. The predicted molar refractivity (Wildman–Crippen MR) is 213 cm³/mol. The highest BCUT2D eigenvalue weighted by atomic mass is 32.3. The van der Waals surface area contributed by atoms with Crippen molar-refractivity contribution in [3.8, 4) is 5.75 Å². The lowest BCUT2D eigenvalue weighted by Gasteiger charge is -2.50. The van der Waals surface area contributed by atoms with Gasteiger partial charge in [-0.2, -0.15) is 13.5 Å². The van der Waals surface area contributed by atoms with E-state index < -0.39 is 57.3 Å². The zero-order valence-electron chi connectivity index (χ0n) is 33.6. The van der Waals surface area contributed by atoms with Gasteiger partial charge in [0.25, 0.3) is 5.91 Å². The number of fused-ring (bicyclic) bond motifs is 1. The van der Waals surface area contributed by atoms with Gasteiger partial charge in [-0.1, -0.05) is 5.16 Å². The fraction of sp³-hybridized carbons (Fsp3) is 0.541. The number of likely N-dealkylation sites (tertiary alicyclic amines) is 1. The number of hydroxylamine groups is 2. The van der Waals surface area contributed by atoms with Gasteiger partial charge in [0.2, 0.25) is 0 Å². The van der Waals surface area contributed by atoms with E-state index in [4.69, 9.17) is 23.6 Å². The number of ketones is 1. The highest BCUT2D eigenvalue weighted by Crippen LogP contribution is 2.41. The molecule has 5 rings (SSSR count). The molecule has 2 aliphatic heterocycles. The molecule has 0 saturated carbocycles. The molecule has 0 unspecified atom stereocenters. The molecule has 4 heterocycles. The van der Waals surface area contributed by atoms with Gasteiger partial charge in [0, 0.05) is 42.5 Å². The molecule has 0 radical (unpaired) electrons. The van der Waals surface area contributed by atoms with Crippen molar-refractivity contribution < 1.29 is 55.5 Å². The number of benzene rings is 1. The lowest BCUT2D eigenvalue weighted by atomic mass is 9.74. The summed E-state index contributed by atoms with van der Waals surface area (Å²) in [6.45, 7) is 14.6. The number of hydrogen-bond acceptors (Lipinski definition) is 16. The summed E-state index contributed by atoms with van der Waals surface area (Å²) in [4.78, 5) is 67.3. The van der Waals surface area contributed by atoms with E-state index in [9.17, 15) is 27.6 Å². The van der Waals surface area contributed by atoms with E-state index in [0.717, 1.165) is 35.0 Å². The number of ether oxygens (including phenoxy) is 3. The minimum Gasteiger partial charge on any atom is -0.490 e. The molecule has 2 aromatic heterocycles. The lowest BCUT2D eigenvalue weighted by Crippen LogP contribution is -2.68. The number of hydrogen-bond donors (Lipinski definition) is 3. The second-order valence-corrected chi connectivity index (χ2v) is 18.0. The van der Waals surface area contributed by atoms with Gasteiger partial charge in [-0.15, -0.1) is 15.6 Å². The summed E-state index contributed by atoms with van der Waals surface area (Å²) in [5.41, 5.74) is -2.84. The molecule has 3 N–H and O–H groups in total. The summed E-state index contributed by atoms with van der Waals surface area (Å²) in [5.74, 6) is -1.30. The Morgan fingerprint density at radius 3 is 2.36 bits per heavy atom. The third kappa shape index (κ3) is 11.7. The largest absolute Gasteiger partial charge is 0.490 e. The molecule has 2 saturated heterocycles. The predicted octanol–water partition coefficient (Wildman–Crippen LogP) is 5.58. The number of amides is 3. The number of nitrogens with zero attached hydrogens (tertiary/aromatic N) is 5. The second-order valence-electron chi connectivity index (χ2n) is 16.2. The standard InChI is InChI=1S/C37H49N7O12S2/c1-35(2,3)54-33(47)41-32-40-27(21-57-32)29(28(45)20-26-31(46)44(37(26,7)8)56-58(49,50)51)42-53-18-17-52-24-9-10-25-22(19-24)11-14-38-30(25)39-23-12-15-43(16-13-23)34(48)55-36(4,5)6/h9-11,14,19,21,23,26H,12-13,15-18,20H2,1-8H3,(H,38,39)(H,40,41,47)(H,49,50,51)/b42-29-/t26-/m1/s1. The number of anilines is 2. The highest BCUT2D eigenvalue weighted by molar-refractivity contribution is 7.80. The van der Waals surface area contributed by atoms with E-state index in [0.29, 0.717) is 29.7 Å². The number of carbonyl (C=O) groups excluding carboxylic acids is 4. The minimum absolute atomic E-state index is 0.0292. The number of nitrogens with one attached hydrogen (secondary N) is 2. The number of aromatic nitrogens is 2. The molecular weight excluding hydrogens is 799 g/mol. The van der Waals surface area contributed by atoms with Crippen LogP contribution in [0.1, 0.15) is 80.3 Å². The minimum atomic E-state index is -4.99. The first-order chi connectivity index (χ1) is 27.0. The molecule has 316 valence electrons. The van der Waals surface area contributed by atoms with Crippen LogP contribution in [0.15, 0.2) is 41.0 Å². The van der Waals surface area contributed by atoms with Crippen molar-refractivity contribution in [3.63, 3.8) is 0 Å². The SMILES string of the molecule is CC(C)(C)OC(=O)Nc1nc(/C(=N/OCCOc2ccc3c(NC4CCN(C(=O)OC(C)(C)C)CC4)nccc3c2)C(=O)C[C@@H]2C(=O)N(OS(=O)(=O)O)C2(C)C)cs1. The van der Waals surface area contributed by atoms with Gasteiger partial charge in [-0.05, 0) is 97.9 Å². The van der Waals surface area contributed by atoms with E-state index in [1.807, 2.05) is 39.0 Å². The third-order valence-electron chi connectivity index (χ3n) is 8.87. The van der Waals surface area contributed by atoms with Gasteiger partial charge >= 0.3 is 22.6 Å². The van der Waals surface area contributed by atoms with Crippen LogP contribution in [0.4, 0.5) is 20.5 Å². The van der Waals surface area contributed by atoms with E-state index in [-0.39, 0.29) is 41.9 Å². The Kier molecular flexibility index (Phi) is 13.2. The second kappa shape index (κ2) is 17.4. The van der Waals surface area contributed by atoms with Gasteiger partial charge in [0.15, 0.2) is 23.2 Å². The number of β-lactam (4-membered cyclic amide) rings is 1. The fourth-order valence-corrected chi connectivity index (χ4v) is 7.25. The summed E-state index contributed by atoms with van der Waals surface area (Å²) < 4.78 is 52.7. The molecule has 0 spiro atoms. The average molecular weight is 848 g/mol. The van der Waals surface area contributed by atoms with Crippen LogP contribution in [-0.2, 0) is 38.6 Å². The van der Waals surface area contributed by atoms with E-state index >= 15 is 0 Å². The maximum Gasteiger partial charge on any atom is 0.418 e. The topological polar surface area (TPSA) is 237 Å². The maximum absolute atomic E-state index is 13.6. The van der Waals surface area contributed by atoms with Gasteiger partial charge < -0.3 is 29.3 Å². The smallest absolute Gasteiger partial charge is 0.418 e. The summed E-state index contributed by atoms with van der Waals surface area (Å²) >= 11 is 0.997. The molecule has 3 aromatic rings. The van der Waals surface area contributed by atoms with E-state index in [1.165, 1.54) is 19.2 Å². The highest BCUT2D eigenvalue weighted by Gasteiger charge is 2.57. The summed E-state index contributed by atoms with van der Waals surface area (Å²) in [5, 5.41) is 13.9. The molecule has 21 heteroatoms. The Balaban J connectivity index is 1.21. The van der Waals surface area contributed by atoms with Crippen molar-refractivity contribution in [3.05, 3.63) is 41.5 Å². The molecule has 1 aromatic carbocycles. The number of carbonyl (C=O) groups is 4. The van der Waals surface area contributed by atoms with Gasteiger partial charge in [-0.3, -0.25) is 19.5 Å². The third-order valence-corrected chi connectivity index (χ3v) is 9.97. The van der Waals surface area contributed by atoms with Crippen LogP contribution >= 0.6 is 11.3 Å². The van der Waals surface area contributed by atoms with Crippen LogP contribution in [-0.4, -0.2) is 112 Å². The summed E-state index contributed by atoms with van der Waals surface area (Å²) in [6, 6.07) is 7.52. The van der Waals surface area contributed by atoms with Crippen LogP contribution in [0, 0.1) is 5.92 Å². The van der Waals surface area contributed by atoms with Crippen LogP contribution in [0.5, 0.6) is 5.75 Å². The molecule has 2 aliphatic rings. The number of thiazole rings is 1. The van der Waals surface area contributed by atoms with Crippen molar-refractivity contribution in [2.45, 2.75) is 97.4 Å². The summed E-state index contributed by atoms with van der Waals surface area (Å²) in [6.07, 6.45) is 1.67. The van der Waals surface area contributed by atoms with Crippen LogP contribution in [0.2, 0.25) is 0 Å². The number of piperidine rings is 1. The fourth-order valence-electron chi connectivity index (χ4n) is 6.11. The maximum atomic E-state index is 13.6. The number of Topliss-reactive ketones (excluding diaryl/α,β-unsaturated/α-hetero) is 1. The summed E-state index contributed by atoms with van der Waals surface area (Å²) in [7, 11) is -4.99. The molecule has 0 aliphatic carbocycles. The van der Waals surface area contributed by atoms with Crippen LogP contribution in [0.25, 0.3) is 10.8 Å². The van der Waals surface area contributed by atoms with Crippen molar-refractivity contribution in [1.82, 2.24) is 19.9 Å². The quantitative estimate of drug-likeness (QED) is 0.0590. The normalized spacial score (nSPS) is 17.7. The Morgan fingerprint density at radius 1 is 1.03 bits per heavy atom. The first kappa shape index (κ1) is 44.0. The van der Waals surface area contributed by atoms with Gasteiger partial charge in [-0.25, -0.2) is 19.6 Å². The van der Waals surface area contributed by atoms with Crippen molar-refractivity contribution in [1.29, 1.82) is 0 Å². The monoisotopic (exact) mass is 847 g/mol. The Morgan fingerprint density at radius 2 is 1.72 bits per heavy atom. The number of oxime groups is 1. The molecular formula is C37H49N7O12S2. The average Bonchev–Trinajstić information content (AvgIpc) is 3.56. The molecule has 2 fully saturated rings. The molecule has 19 nitrogen and oxygen atoms in total. The Bertz CT molecular complexity index is 2150. The van der Waals surface area contributed by atoms with Crippen LogP contribution in [0.3, 0.4) is 0 Å². The van der Waals surface area contributed by atoms with Crippen molar-refractivity contribution in [2.75, 3.05) is 36.9 Å². The lowest BCUT2D eigenvalue weighted by molar-refractivity contribution is -0.228. The zero-order valence-corrected chi connectivity index (χ0v) is 35.2. The number of rotatable bonds is 14. The molecule has 1 atom stereocenters. The van der Waals surface area contributed by atoms with E-state index in [2.05, 4.69) is 30.0 Å². The van der Waals surface area contributed by atoms with Gasteiger partial charge in [0.1, 0.15) is 35.1 Å². The van der Waals surface area contributed by atoms with Crippen LogP contribution < -0.4 is 15.4 Å². The van der Waals surface area contributed by atoms with Crippen molar-refractivity contribution in [2.24, 2.45) is 11.1 Å². The Hall–Kier alpha value is -5.12. The Labute approximate surface area is 340 Å². The first-order valence-electron chi connectivity index (χ1n) is 18.5. The molecule has 58 heavy (non-hydrogen) atoms. The molecule has 0 bridgehead atoms. The van der Waals surface area contributed by atoms with Crippen molar-refractivity contribution >= 4 is 73.0 Å². The van der Waals surface area contributed by atoms with E-state index in [1.54, 1.807) is 37.9 Å².